The fraction of sp³-hybridized carbons (Fsp3) is 0.667. The highest BCUT2D eigenvalue weighted by Crippen LogP contribution is 2.16. The topological polar surface area (TPSA) is 58.4 Å². The number of carboxylic acid groups (broad SMARTS) is 1. The molecule has 0 radical (unpaired) electrons. The number of aromatic nitrogens is 2. The second-order valence-corrected chi connectivity index (χ2v) is 5.12. The maximum Gasteiger partial charge on any atom is 0.317 e. The van der Waals surface area contributed by atoms with E-state index < -0.39 is 5.97 Å². The molecular formula is C12H21N3O2. The average Bonchev–Trinajstić information content (AvgIpc) is 2.62. The van der Waals surface area contributed by atoms with Crippen molar-refractivity contribution in [2.75, 3.05) is 6.54 Å². The Balaban J connectivity index is 2.75. The van der Waals surface area contributed by atoms with E-state index in [1.165, 1.54) is 0 Å². The Morgan fingerprint density at radius 1 is 1.53 bits per heavy atom. The van der Waals surface area contributed by atoms with Gasteiger partial charge < -0.3 is 5.11 Å². The van der Waals surface area contributed by atoms with Crippen LogP contribution in [0, 0.1) is 0 Å². The van der Waals surface area contributed by atoms with E-state index in [-0.39, 0.29) is 12.1 Å². The number of nitrogens with zero attached hydrogens (tertiary/aromatic N) is 3. The Labute approximate surface area is 102 Å². The van der Waals surface area contributed by atoms with Crippen LogP contribution in [0.15, 0.2) is 12.4 Å². The molecule has 0 aliphatic carbocycles. The first-order chi connectivity index (χ1) is 7.82. The van der Waals surface area contributed by atoms with Crippen LogP contribution in [0.2, 0.25) is 0 Å². The molecule has 17 heavy (non-hydrogen) atoms. The lowest BCUT2D eigenvalue weighted by molar-refractivity contribution is -0.139. The van der Waals surface area contributed by atoms with Crippen LogP contribution in [0.4, 0.5) is 0 Å². The first-order valence-corrected chi connectivity index (χ1v) is 5.81. The highest BCUT2D eigenvalue weighted by Gasteiger charge is 2.23. The van der Waals surface area contributed by atoms with Gasteiger partial charge >= 0.3 is 5.97 Å². The normalized spacial score (nSPS) is 12.1. The van der Waals surface area contributed by atoms with E-state index in [1.807, 2.05) is 43.5 Å². The molecule has 1 heterocycles. The Bertz CT molecular complexity index is 379. The number of carboxylic acids is 1. The molecule has 0 aromatic carbocycles. The van der Waals surface area contributed by atoms with Crippen molar-refractivity contribution in [2.24, 2.45) is 0 Å². The summed E-state index contributed by atoms with van der Waals surface area (Å²) in [6, 6.07) is 0. The number of aryl methyl sites for hydroxylation is 1. The van der Waals surface area contributed by atoms with E-state index in [1.54, 1.807) is 6.20 Å². The monoisotopic (exact) mass is 239 g/mol. The summed E-state index contributed by atoms with van der Waals surface area (Å²) in [5, 5.41) is 13.1. The molecule has 0 aliphatic heterocycles. The molecule has 0 fully saturated rings. The van der Waals surface area contributed by atoms with E-state index in [9.17, 15) is 4.79 Å². The summed E-state index contributed by atoms with van der Waals surface area (Å²) in [5.41, 5.74) is 0.871. The molecule has 0 spiro atoms. The predicted octanol–water partition coefficient (Wildman–Crippen LogP) is 1.59. The minimum atomic E-state index is -0.803. The summed E-state index contributed by atoms with van der Waals surface area (Å²) < 4.78 is 1.84. The van der Waals surface area contributed by atoms with E-state index in [4.69, 9.17) is 5.11 Å². The molecular weight excluding hydrogens is 218 g/mol. The maximum absolute atomic E-state index is 10.8. The average molecular weight is 239 g/mol. The quantitative estimate of drug-likeness (QED) is 0.847. The first-order valence-electron chi connectivity index (χ1n) is 5.81. The zero-order valence-electron chi connectivity index (χ0n) is 11.0. The Kier molecular flexibility index (Phi) is 4.28. The van der Waals surface area contributed by atoms with Crippen molar-refractivity contribution in [3.8, 4) is 0 Å². The molecule has 0 atom stereocenters. The lowest BCUT2D eigenvalue weighted by atomic mass is 10.1. The van der Waals surface area contributed by atoms with Crippen molar-refractivity contribution in [3.63, 3.8) is 0 Å². The van der Waals surface area contributed by atoms with Gasteiger partial charge in [0.05, 0.1) is 12.7 Å². The van der Waals surface area contributed by atoms with Gasteiger partial charge in [0.25, 0.3) is 0 Å². The van der Waals surface area contributed by atoms with Gasteiger partial charge in [-0.1, -0.05) is 0 Å². The third-order valence-corrected chi connectivity index (χ3v) is 2.66. The van der Waals surface area contributed by atoms with Gasteiger partial charge in [0.1, 0.15) is 0 Å². The van der Waals surface area contributed by atoms with Gasteiger partial charge in [-0.25, -0.2) is 0 Å². The lowest BCUT2D eigenvalue weighted by Gasteiger charge is -2.33. The van der Waals surface area contributed by atoms with Crippen LogP contribution in [0.25, 0.3) is 0 Å². The molecule has 1 N–H and O–H groups in total. The van der Waals surface area contributed by atoms with E-state index in [0.717, 1.165) is 12.1 Å². The third-order valence-electron chi connectivity index (χ3n) is 2.66. The van der Waals surface area contributed by atoms with Gasteiger partial charge in [-0.05, 0) is 27.7 Å². The largest absolute Gasteiger partial charge is 0.480 e. The van der Waals surface area contributed by atoms with Crippen LogP contribution in [-0.2, 0) is 17.9 Å². The summed E-state index contributed by atoms with van der Waals surface area (Å²) in [6.07, 6.45) is 3.75. The van der Waals surface area contributed by atoms with E-state index >= 15 is 0 Å². The molecule has 0 saturated heterocycles. The molecule has 1 aromatic heterocycles. The zero-order chi connectivity index (χ0) is 13.1. The van der Waals surface area contributed by atoms with Gasteiger partial charge in [-0.3, -0.25) is 14.4 Å². The van der Waals surface area contributed by atoms with Gasteiger partial charge in [0.2, 0.25) is 0 Å². The second-order valence-electron chi connectivity index (χ2n) is 5.12. The molecule has 0 unspecified atom stereocenters. The number of hydrogen-bond donors (Lipinski definition) is 1. The van der Waals surface area contributed by atoms with Crippen molar-refractivity contribution in [3.05, 3.63) is 18.0 Å². The molecule has 5 nitrogen and oxygen atoms in total. The highest BCUT2D eigenvalue weighted by molar-refractivity contribution is 5.69. The first kappa shape index (κ1) is 13.7. The summed E-state index contributed by atoms with van der Waals surface area (Å²) in [7, 11) is 0. The highest BCUT2D eigenvalue weighted by atomic mass is 16.4. The zero-order valence-corrected chi connectivity index (χ0v) is 11.0. The van der Waals surface area contributed by atoms with Crippen LogP contribution in [0.3, 0.4) is 0 Å². The van der Waals surface area contributed by atoms with Crippen molar-refractivity contribution in [1.29, 1.82) is 0 Å². The summed E-state index contributed by atoms with van der Waals surface area (Å²) in [6.45, 7) is 9.54. The Morgan fingerprint density at radius 3 is 2.59 bits per heavy atom. The fourth-order valence-corrected chi connectivity index (χ4v) is 1.57. The molecule has 1 aromatic rings. The molecule has 96 valence electrons. The van der Waals surface area contributed by atoms with Crippen LogP contribution in [0.1, 0.15) is 33.3 Å². The van der Waals surface area contributed by atoms with Gasteiger partial charge in [-0.15, -0.1) is 0 Å². The smallest absolute Gasteiger partial charge is 0.317 e. The minimum Gasteiger partial charge on any atom is -0.480 e. The standard InChI is InChI=1S/C12H21N3O2/c1-5-15-8-10(6-13-15)7-14(9-11(16)17)12(2,3)4/h6,8H,5,7,9H2,1-4H3,(H,16,17). The molecule has 0 saturated carbocycles. The maximum atomic E-state index is 10.8. The minimum absolute atomic E-state index is 0.0425. The Morgan fingerprint density at radius 2 is 2.18 bits per heavy atom. The summed E-state index contributed by atoms with van der Waals surface area (Å²) in [4.78, 5) is 12.8. The summed E-state index contributed by atoms with van der Waals surface area (Å²) >= 11 is 0. The van der Waals surface area contributed by atoms with Crippen LogP contribution < -0.4 is 0 Å². The van der Waals surface area contributed by atoms with E-state index in [2.05, 4.69) is 5.10 Å². The molecule has 0 amide bonds. The van der Waals surface area contributed by atoms with Crippen molar-refractivity contribution >= 4 is 5.97 Å². The van der Waals surface area contributed by atoms with Crippen molar-refractivity contribution in [1.82, 2.24) is 14.7 Å². The van der Waals surface area contributed by atoms with Gasteiger partial charge in [-0.2, -0.15) is 5.10 Å². The number of hydrogen-bond acceptors (Lipinski definition) is 3. The third kappa shape index (κ3) is 4.19. The lowest BCUT2D eigenvalue weighted by Crippen LogP contribution is -2.43. The Hall–Kier alpha value is -1.36. The molecule has 1 rings (SSSR count). The molecule has 5 heteroatoms. The molecule has 0 aliphatic rings. The van der Waals surface area contributed by atoms with Gasteiger partial charge in [0.15, 0.2) is 0 Å². The number of rotatable bonds is 5. The van der Waals surface area contributed by atoms with Crippen LogP contribution in [-0.4, -0.2) is 37.8 Å². The van der Waals surface area contributed by atoms with E-state index in [0.29, 0.717) is 6.54 Å². The van der Waals surface area contributed by atoms with Gasteiger partial charge in [0, 0.05) is 30.4 Å². The van der Waals surface area contributed by atoms with Crippen molar-refractivity contribution in [2.45, 2.75) is 46.3 Å². The summed E-state index contributed by atoms with van der Waals surface area (Å²) in [5.74, 6) is -0.803. The van der Waals surface area contributed by atoms with Crippen LogP contribution >= 0.6 is 0 Å². The molecule has 0 bridgehead atoms. The van der Waals surface area contributed by atoms with Crippen LogP contribution in [0.5, 0.6) is 0 Å². The number of aliphatic carboxylic acids is 1. The fourth-order valence-electron chi connectivity index (χ4n) is 1.57. The predicted molar refractivity (Wildman–Crippen MR) is 65.7 cm³/mol. The second kappa shape index (κ2) is 5.31. The number of carbonyl (C=O) groups is 1. The van der Waals surface area contributed by atoms with Crippen molar-refractivity contribution < 1.29 is 9.90 Å². The SMILES string of the molecule is CCn1cc(CN(CC(=O)O)C(C)(C)C)cn1.